The number of nitrogens with one attached hydrogen (secondary N) is 1. The SMILES string of the molecule is Cn1c(-c2cn(C3CC3)nc2C(F)(F)F)cnc1C(=O)Nc1ccc(C(=O)N2CCN(C(=O)[C@@H](O)CN)CC2)c(Cl)c1. The van der Waals surface area contributed by atoms with Gasteiger partial charge in [-0.2, -0.15) is 18.3 Å². The topological polar surface area (TPSA) is 152 Å². The summed E-state index contributed by atoms with van der Waals surface area (Å²) in [5, 5.41) is 16.1. The van der Waals surface area contributed by atoms with Crippen LogP contribution in [0.4, 0.5) is 18.9 Å². The number of hydrogen-bond donors (Lipinski definition) is 3. The van der Waals surface area contributed by atoms with E-state index < -0.39 is 29.8 Å². The van der Waals surface area contributed by atoms with Crippen molar-refractivity contribution in [2.45, 2.75) is 31.2 Å². The Morgan fingerprint density at radius 1 is 1.17 bits per heavy atom. The maximum atomic E-state index is 13.7. The molecule has 42 heavy (non-hydrogen) atoms. The molecule has 1 aromatic carbocycles. The summed E-state index contributed by atoms with van der Waals surface area (Å²) in [5.74, 6) is -1.69. The Balaban J connectivity index is 1.27. The first kappa shape index (κ1) is 29.5. The first-order valence-electron chi connectivity index (χ1n) is 13.1. The average Bonchev–Trinajstić information content (AvgIpc) is 3.59. The molecule has 3 aromatic rings. The van der Waals surface area contributed by atoms with E-state index in [4.69, 9.17) is 17.3 Å². The Morgan fingerprint density at radius 3 is 2.43 bits per heavy atom. The van der Waals surface area contributed by atoms with Crippen molar-refractivity contribution < 1.29 is 32.7 Å². The maximum absolute atomic E-state index is 13.7. The van der Waals surface area contributed by atoms with Gasteiger partial charge in [0, 0.05) is 51.7 Å². The van der Waals surface area contributed by atoms with Crippen LogP contribution in [0.15, 0.2) is 30.6 Å². The van der Waals surface area contributed by atoms with Gasteiger partial charge < -0.3 is 30.5 Å². The summed E-state index contributed by atoms with van der Waals surface area (Å²) in [5.41, 5.74) is 4.63. The number of imidazole rings is 1. The molecule has 2 aliphatic rings. The zero-order valence-electron chi connectivity index (χ0n) is 22.4. The molecule has 1 aliphatic carbocycles. The van der Waals surface area contributed by atoms with Crippen LogP contribution in [0.1, 0.15) is 45.6 Å². The summed E-state index contributed by atoms with van der Waals surface area (Å²) in [4.78, 5) is 45.2. The molecule has 5 rings (SSSR count). The molecule has 4 N–H and O–H groups in total. The van der Waals surface area contributed by atoms with E-state index in [0.29, 0.717) is 0 Å². The lowest BCUT2D eigenvalue weighted by molar-refractivity contribution is -0.141. The lowest BCUT2D eigenvalue weighted by Crippen LogP contribution is -2.53. The molecule has 0 bridgehead atoms. The van der Waals surface area contributed by atoms with Gasteiger partial charge in [0.25, 0.3) is 17.7 Å². The minimum Gasteiger partial charge on any atom is -0.382 e. The number of aliphatic hydroxyl groups excluding tert-OH is 1. The molecule has 224 valence electrons. The highest BCUT2D eigenvalue weighted by Crippen LogP contribution is 2.41. The largest absolute Gasteiger partial charge is 0.435 e. The number of hydrogen-bond acceptors (Lipinski definition) is 7. The molecular weight excluding hydrogens is 581 g/mol. The van der Waals surface area contributed by atoms with Crippen molar-refractivity contribution in [3.05, 3.63) is 52.7 Å². The van der Waals surface area contributed by atoms with Gasteiger partial charge in [0.05, 0.1) is 34.1 Å². The van der Waals surface area contributed by atoms with E-state index in [2.05, 4.69) is 15.4 Å². The zero-order chi connectivity index (χ0) is 30.3. The minimum atomic E-state index is -4.68. The van der Waals surface area contributed by atoms with Crippen LogP contribution in [0.3, 0.4) is 0 Å². The average molecular weight is 609 g/mol. The van der Waals surface area contributed by atoms with Gasteiger partial charge in [0.2, 0.25) is 0 Å². The van der Waals surface area contributed by atoms with Crippen molar-refractivity contribution >= 4 is 35.0 Å². The van der Waals surface area contributed by atoms with E-state index in [9.17, 15) is 32.7 Å². The predicted molar refractivity (Wildman–Crippen MR) is 145 cm³/mol. The predicted octanol–water partition coefficient (Wildman–Crippen LogP) is 2.15. The van der Waals surface area contributed by atoms with Crippen molar-refractivity contribution in [2.75, 3.05) is 38.0 Å². The van der Waals surface area contributed by atoms with Crippen molar-refractivity contribution in [1.82, 2.24) is 29.1 Å². The third-order valence-electron chi connectivity index (χ3n) is 7.23. The molecule has 0 unspecified atom stereocenters. The van der Waals surface area contributed by atoms with Crippen LogP contribution >= 0.6 is 11.6 Å². The summed E-state index contributed by atoms with van der Waals surface area (Å²) in [7, 11) is 1.44. The number of anilines is 1. The quantitative estimate of drug-likeness (QED) is 0.372. The van der Waals surface area contributed by atoms with Gasteiger partial charge in [0.1, 0.15) is 6.10 Å². The Bertz CT molecular complexity index is 1530. The monoisotopic (exact) mass is 608 g/mol. The van der Waals surface area contributed by atoms with Crippen LogP contribution in [-0.2, 0) is 18.0 Å². The number of rotatable bonds is 7. The molecule has 1 saturated heterocycles. The summed E-state index contributed by atoms with van der Waals surface area (Å²) in [6, 6.07) is 4.23. The zero-order valence-corrected chi connectivity index (χ0v) is 23.2. The number of amides is 3. The van der Waals surface area contributed by atoms with Gasteiger partial charge in [0.15, 0.2) is 11.5 Å². The number of carbonyl (C=O) groups is 3. The van der Waals surface area contributed by atoms with Crippen LogP contribution in [0.25, 0.3) is 11.3 Å². The molecule has 1 saturated carbocycles. The van der Waals surface area contributed by atoms with E-state index in [1.807, 2.05) is 0 Å². The maximum Gasteiger partial charge on any atom is 0.435 e. The molecule has 0 radical (unpaired) electrons. The van der Waals surface area contributed by atoms with E-state index in [-0.39, 0.29) is 78.0 Å². The van der Waals surface area contributed by atoms with Gasteiger partial charge in [-0.05, 0) is 31.0 Å². The second kappa shape index (κ2) is 11.4. The molecule has 2 fully saturated rings. The van der Waals surface area contributed by atoms with Crippen LogP contribution in [0, 0.1) is 0 Å². The van der Waals surface area contributed by atoms with Crippen LogP contribution in [0.2, 0.25) is 5.02 Å². The summed E-state index contributed by atoms with van der Waals surface area (Å²) in [6.45, 7) is 0.722. The van der Waals surface area contributed by atoms with Gasteiger partial charge in [-0.1, -0.05) is 11.6 Å². The fourth-order valence-corrected chi connectivity index (χ4v) is 5.01. The highest BCUT2D eigenvalue weighted by atomic mass is 35.5. The summed E-state index contributed by atoms with van der Waals surface area (Å²) in [6.07, 6.45) is -1.95. The Morgan fingerprint density at radius 2 is 1.83 bits per heavy atom. The Labute approximate surface area is 242 Å². The van der Waals surface area contributed by atoms with Crippen molar-refractivity contribution in [2.24, 2.45) is 12.8 Å². The van der Waals surface area contributed by atoms with Crippen LogP contribution < -0.4 is 11.1 Å². The molecule has 0 spiro atoms. The van der Waals surface area contributed by atoms with Crippen molar-refractivity contribution in [1.29, 1.82) is 0 Å². The molecule has 1 atom stereocenters. The number of halogens is 4. The number of nitrogens with zero attached hydrogens (tertiary/aromatic N) is 6. The molecule has 3 amide bonds. The van der Waals surface area contributed by atoms with E-state index in [1.54, 1.807) is 0 Å². The number of nitrogens with two attached hydrogens (primary N) is 1. The van der Waals surface area contributed by atoms with Crippen LogP contribution in [-0.4, -0.2) is 90.8 Å². The lowest BCUT2D eigenvalue weighted by atomic mass is 10.1. The first-order valence-corrected chi connectivity index (χ1v) is 13.5. The second-order valence-corrected chi connectivity index (χ2v) is 10.6. The third kappa shape index (κ3) is 5.84. The Kier molecular flexibility index (Phi) is 8.00. The third-order valence-corrected chi connectivity index (χ3v) is 7.55. The van der Waals surface area contributed by atoms with Gasteiger partial charge >= 0.3 is 6.18 Å². The normalized spacial score (nSPS) is 16.5. The molecule has 16 heteroatoms. The molecule has 12 nitrogen and oxygen atoms in total. The minimum absolute atomic E-state index is 0.0673. The first-order chi connectivity index (χ1) is 19.9. The summed E-state index contributed by atoms with van der Waals surface area (Å²) >= 11 is 6.37. The second-order valence-electron chi connectivity index (χ2n) is 10.1. The molecule has 1 aliphatic heterocycles. The number of piperazine rings is 1. The smallest absolute Gasteiger partial charge is 0.382 e. The van der Waals surface area contributed by atoms with Crippen molar-refractivity contribution in [3.8, 4) is 11.3 Å². The summed E-state index contributed by atoms with van der Waals surface area (Å²) < 4.78 is 43.7. The fraction of sp³-hybridized carbons (Fsp3) is 0.423. The highest BCUT2D eigenvalue weighted by Gasteiger charge is 2.40. The van der Waals surface area contributed by atoms with E-state index in [1.165, 1.54) is 56.7 Å². The van der Waals surface area contributed by atoms with E-state index >= 15 is 0 Å². The number of alkyl halides is 3. The van der Waals surface area contributed by atoms with E-state index in [0.717, 1.165) is 12.8 Å². The van der Waals surface area contributed by atoms with Gasteiger partial charge in [-0.15, -0.1) is 0 Å². The number of aromatic nitrogens is 4. The Hall–Kier alpha value is -3.95. The highest BCUT2D eigenvalue weighted by molar-refractivity contribution is 6.34. The molecule has 2 aromatic heterocycles. The molecule has 3 heterocycles. The number of carbonyl (C=O) groups excluding carboxylic acids is 3. The standard InChI is InChI=1S/C26H28ClF3N8O4/c1-35-19(17-13-38(15-3-4-15)34-21(17)26(28,29)30)12-32-22(35)23(40)33-14-2-5-16(18(27)10-14)24(41)36-6-8-37(9-7-36)25(42)20(39)11-31/h2,5,10,12-13,15,20,39H,3-4,6-9,11,31H2,1H3,(H,33,40)/t20-/m0/s1. The number of aliphatic hydroxyl groups is 1. The molecular formula is C26H28ClF3N8O4. The van der Waals surface area contributed by atoms with Crippen molar-refractivity contribution in [3.63, 3.8) is 0 Å². The fourth-order valence-electron chi connectivity index (χ4n) is 4.75. The van der Waals surface area contributed by atoms with Crippen LogP contribution in [0.5, 0.6) is 0 Å². The van der Waals surface area contributed by atoms with Gasteiger partial charge in [-0.3, -0.25) is 19.1 Å². The van der Waals surface area contributed by atoms with Gasteiger partial charge in [-0.25, -0.2) is 4.98 Å². The lowest BCUT2D eigenvalue weighted by Gasteiger charge is -2.35. The number of benzene rings is 1.